The van der Waals surface area contributed by atoms with Gasteiger partial charge in [0.25, 0.3) is 0 Å². The van der Waals surface area contributed by atoms with Crippen molar-refractivity contribution in [1.82, 2.24) is 10.2 Å². The first-order chi connectivity index (χ1) is 14.8. The topological polar surface area (TPSA) is 87.5 Å². The number of aromatic hydroxyl groups is 1. The molecule has 31 heavy (non-hydrogen) atoms. The van der Waals surface area contributed by atoms with E-state index in [1.807, 2.05) is 0 Å². The number of rotatable bonds is 3. The average molecular weight is 435 g/mol. The Hall–Kier alpha value is -2.39. The molecule has 3 N–H and O–H groups in total. The lowest BCUT2D eigenvalue weighted by Gasteiger charge is -2.32. The molecule has 3 aliphatic rings. The number of aliphatic hydroxyl groups is 1. The standard InChI is InChI=1S/C22H24F3N3O3/c23-22(24,25)11-5-7-13(17(30)9-11)20-14-10-12-6-8-18(31-12)19(14)21(28-27-20)26-15-3-1-2-4-16(15)29/h5,7,9,12,15-16,18,29-30H,1-4,6,8,10H2,(H,26,28)/t12?,15-,16-,18?/m1/s1. The van der Waals surface area contributed by atoms with Crippen LogP contribution < -0.4 is 5.32 Å². The summed E-state index contributed by atoms with van der Waals surface area (Å²) in [5, 5.41) is 32.7. The molecule has 1 saturated heterocycles. The van der Waals surface area contributed by atoms with Crippen LogP contribution in [-0.2, 0) is 17.3 Å². The quantitative estimate of drug-likeness (QED) is 0.664. The maximum atomic E-state index is 13.0. The van der Waals surface area contributed by atoms with E-state index in [-0.39, 0.29) is 23.8 Å². The van der Waals surface area contributed by atoms with Gasteiger partial charge in [0.1, 0.15) is 11.4 Å². The number of nitrogens with zero attached hydrogens (tertiary/aromatic N) is 2. The Morgan fingerprint density at radius 2 is 1.87 bits per heavy atom. The summed E-state index contributed by atoms with van der Waals surface area (Å²) in [5.74, 6) is 0.0787. The molecule has 4 atom stereocenters. The molecule has 2 unspecified atom stereocenters. The predicted octanol–water partition coefficient (Wildman–Crippen LogP) is 4.36. The molecule has 0 amide bonds. The van der Waals surface area contributed by atoms with Crippen molar-refractivity contribution in [2.75, 3.05) is 5.32 Å². The summed E-state index contributed by atoms with van der Waals surface area (Å²) >= 11 is 0. The summed E-state index contributed by atoms with van der Waals surface area (Å²) in [5.41, 5.74) is 1.38. The molecule has 1 aromatic carbocycles. The van der Waals surface area contributed by atoms with Crippen molar-refractivity contribution < 1.29 is 28.1 Å². The Morgan fingerprint density at radius 1 is 1.06 bits per heavy atom. The van der Waals surface area contributed by atoms with Gasteiger partial charge in [-0.1, -0.05) is 12.8 Å². The molecule has 2 bridgehead atoms. The minimum atomic E-state index is -4.54. The number of aromatic nitrogens is 2. The van der Waals surface area contributed by atoms with E-state index in [4.69, 9.17) is 4.74 Å². The van der Waals surface area contributed by atoms with E-state index in [2.05, 4.69) is 15.5 Å². The molecule has 2 aliphatic heterocycles. The highest BCUT2D eigenvalue weighted by Crippen LogP contribution is 2.47. The molecule has 6 nitrogen and oxygen atoms in total. The molecule has 9 heteroatoms. The fraction of sp³-hybridized carbons (Fsp3) is 0.545. The number of hydrogen-bond acceptors (Lipinski definition) is 6. The Balaban J connectivity index is 1.57. The number of aliphatic hydroxyl groups excluding tert-OH is 1. The maximum Gasteiger partial charge on any atom is 0.416 e. The number of benzene rings is 1. The second-order valence-electron chi connectivity index (χ2n) is 8.65. The molecule has 2 fully saturated rings. The molecule has 3 heterocycles. The molecule has 1 aromatic heterocycles. The number of phenols is 1. The van der Waals surface area contributed by atoms with Crippen LogP contribution in [0.3, 0.4) is 0 Å². The highest BCUT2D eigenvalue weighted by Gasteiger charge is 2.39. The summed E-state index contributed by atoms with van der Waals surface area (Å²) in [6.07, 6.45) is 0.653. The Morgan fingerprint density at radius 3 is 2.61 bits per heavy atom. The lowest BCUT2D eigenvalue weighted by atomic mass is 9.91. The third-order valence-corrected chi connectivity index (χ3v) is 6.61. The average Bonchev–Trinajstić information content (AvgIpc) is 3.10. The van der Waals surface area contributed by atoms with E-state index in [1.54, 1.807) is 0 Å². The predicted molar refractivity (Wildman–Crippen MR) is 107 cm³/mol. The van der Waals surface area contributed by atoms with E-state index in [0.29, 0.717) is 17.9 Å². The van der Waals surface area contributed by atoms with E-state index in [9.17, 15) is 23.4 Å². The normalized spacial score (nSPS) is 27.7. The van der Waals surface area contributed by atoms with Crippen LogP contribution in [-0.4, -0.2) is 38.7 Å². The van der Waals surface area contributed by atoms with Crippen LogP contribution in [0.15, 0.2) is 18.2 Å². The van der Waals surface area contributed by atoms with Gasteiger partial charge in [0.15, 0.2) is 5.82 Å². The Labute approximate surface area is 177 Å². The largest absolute Gasteiger partial charge is 0.507 e. The summed E-state index contributed by atoms with van der Waals surface area (Å²) in [7, 11) is 0. The van der Waals surface area contributed by atoms with Gasteiger partial charge in [-0.3, -0.25) is 0 Å². The second-order valence-corrected chi connectivity index (χ2v) is 8.65. The molecule has 166 valence electrons. The number of alkyl halides is 3. The molecule has 1 saturated carbocycles. The van der Waals surface area contributed by atoms with Crippen LogP contribution in [0.5, 0.6) is 5.75 Å². The van der Waals surface area contributed by atoms with Crippen molar-refractivity contribution in [3.63, 3.8) is 0 Å². The monoisotopic (exact) mass is 435 g/mol. The van der Waals surface area contributed by atoms with Crippen LogP contribution in [0.1, 0.15) is 61.3 Å². The van der Waals surface area contributed by atoms with Crippen molar-refractivity contribution in [3.8, 4) is 17.0 Å². The Bertz CT molecular complexity index is 998. The van der Waals surface area contributed by atoms with Gasteiger partial charge in [-0.25, -0.2) is 0 Å². The molecular formula is C22H24F3N3O3. The van der Waals surface area contributed by atoms with Crippen LogP contribution in [0.25, 0.3) is 11.3 Å². The number of ether oxygens (including phenoxy) is 1. The zero-order valence-corrected chi connectivity index (χ0v) is 16.8. The van der Waals surface area contributed by atoms with E-state index in [1.165, 1.54) is 6.07 Å². The van der Waals surface area contributed by atoms with Crippen molar-refractivity contribution in [3.05, 3.63) is 34.9 Å². The first kappa shape index (κ1) is 20.5. The Kier molecular flexibility index (Phi) is 5.05. The summed E-state index contributed by atoms with van der Waals surface area (Å²) < 4.78 is 45.1. The summed E-state index contributed by atoms with van der Waals surface area (Å²) in [6, 6.07) is 2.79. The van der Waals surface area contributed by atoms with Gasteiger partial charge in [0.2, 0.25) is 0 Å². The third kappa shape index (κ3) is 3.74. The fourth-order valence-electron chi connectivity index (χ4n) is 5.02. The zero-order chi connectivity index (χ0) is 21.8. The van der Waals surface area contributed by atoms with Gasteiger partial charge >= 0.3 is 6.18 Å². The molecule has 1 aliphatic carbocycles. The van der Waals surface area contributed by atoms with Gasteiger partial charge in [-0.2, -0.15) is 13.2 Å². The lowest BCUT2D eigenvalue weighted by Crippen LogP contribution is -2.37. The van der Waals surface area contributed by atoms with Gasteiger partial charge in [0, 0.05) is 17.5 Å². The van der Waals surface area contributed by atoms with Crippen molar-refractivity contribution in [2.45, 2.75) is 75.5 Å². The van der Waals surface area contributed by atoms with Gasteiger partial charge in [-0.15, -0.1) is 10.2 Å². The van der Waals surface area contributed by atoms with Crippen LogP contribution >= 0.6 is 0 Å². The molecule has 0 radical (unpaired) electrons. The number of fused-ring (bicyclic) bond motifs is 4. The fourth-order valence-corrected chi connectivity index (χ4v) is 5.02. The molecular weight excluding hydrogens is 411 g/mol. The number of halogens is 3. The third-order valence-electron chi connectivity index (χ3n) is 6.61. The highest BCUT2D eigenvalue weighted by molar-refractivity contribution is 5.73. The second kappa shape index (κ2) is 7.63. The smallest absolute Gasteiger partial charge is 0.416 e. The first-order valence-electron chi connectivity index (χ1n) is 10.7. The first-order valence-corrected chi connectivity index (χ1v) is 10.7. The number of phenolic OH excluding ortho intramolecular Hbond substituents is 1. The summed E-state index contributed by atoms with van der Waals surface area (Å²) in [4.78, 5) is 0. The van der Waals surface area contributed by atoms with Crippen LogP contribution in [0.4, 0.5) is 19.0 Å². The van der Waals surface area contributed by atoms with Crippen molar-refractivity contribution >= 4 is 5.82 Å². The highest BCUT2D eigenvalue weighted by atomic mass is 19.4. The minimum absolute atomic E-state index is 0.0187. The lowest BCUT2D eigenvalue weighted by molar-refractivity contribution is -0.137. The minimum Gasteiger partial charge on any atom is -0.507 e. The molecule has 5 rings (SSSR count). The van der Waals surface area contributed by atoms with Gasteiger partial charge < -0.3 is 20.3 Å². The van der Waals surface area contributed by atoms with Gasteiger partial charge in [0.05, 0.1) is 29.9 Å². The number of anilines is 1. The van der Waals surface area contributed by atoms with Crippen molar-refractivity contribution in [1.29, 1.82) is 0 Å². The van der Waals surface area contributed by atoms with Crippen LogP contribution in [0, 0.1) is 0 Å². The zero-order valence-electron chi connectivity index (χ0n) is 16.8. The van der Waals surface area contributed by atoms with Gasteiger partial charge in [-0.05, 0) is 49.4 Å². The SMILES string of the molecule is Oc1cc(C(F)(F)F)ccc1-c1nnc(N[C@@H]2CCCC[C@H]2O)c2c1CC1CCC2O1. The van der Waals surface area contributed by atoms with Crippen molar-refractivity contribution in [2.24, 2.45) is 0 Å². The molecule has 2 aromatic rings. The maximum absolute atomic E-state index is 13.0. The number of hydrogen-bond donors (Lipinski definition) is 3. The molecule has 0 spiro atoms. The van der Waals surface area contributed by atoms with E-state index in [0.717, 1.165) is 61.8 Å². The van der Waals surface area contributed by atoms with E-state index >= 15 is 0 Å². The number of nitrogens with one attached hydrogen (secondary N) is 1. The van der Waals surface area contributed by atoms with Crippen LogP contribution in [0.2, 0.25) is 0 Å². The summed E-state index contributed by atoms with van der Waals surface area (Å²) in [6.45, 7) is 0. The van der Waals surface area contributed by atoms with E-state index < -0.39 is 23.6 Å².